The molecule has 0 bridgehead atoms. The molecule has 18 heteroatoms. The van der Waals surface area contributed by atoms with Crippen LogP contribution >= 0.6 is 11.6 Å². The summed E-state index contributed by atoms with van der Waals surface area (Å²) in [4.78, 5) is 55.3. The largest absolute Gasteiger partial charge is 0.494 e. The number of anilines is 1. The lowest BCUT2D eigenvalue weighted by Gasteiger charge is -2.42. The Hall–Kier alpha value is -4.77. The van der Waals surface area contributed by atoms with Crippen molar-refractivity contribution < 1.29 is 51.0 Å². The lowest BCUT2D eigenvalue weighted by atomic mass is 9.91. The molecule has 3 heterocycles. The van der Waals surface area contributed by atoms with Gasteiger partial charge in [-0.2, -0.15) is 17.6 Å². The first-order valence-electron chi connectivity index (χ1n) is 14.8. The number of likely N-dealkylation sites (tertiary alicyclic amines) is 2. The van der Waals surface area contributed by atoms with Crippen LogP contribution in [0.5, 0.6) is 5.75 Å². The van der Waals surface area contributed by atoms with Crippen LogP contribution < -0.4 is 15.8 Å². The zero-order valence-corrected chi connectivity index (χ0v) is 26.9. The molecule has 3 amide bonds. The molecule has 5 rings (SSSR count). The fraction of sp³-hybridized carbons (Fsp3) is 0.387. The molecule has 0 radical (unpaired) electrons. The van der Waals surface area contributed by atoms with Crippen LogP contribution in [0.2, 0.25) is 5.02 Å². The van der Waals surface area contributed by atoms with E-state index >= 15 is 0 Å². The third kappa shape index (κ3) is 8.28. The third-order valence-corrected chi connectivity index (χ3v) is 8.48. The van der Waals surface area contributed by atoms with E-state index in [0.29, 0.717) is 57.2 Å². The van der Waals surface area contributed by atoms with Crippen molar-refractivity contribution in [2.75, 3.05) is 45.2 Å². The van der Waals surface area contributed by atoms with Gasteiger partial charge in [-0.05, 0) is 49.7 Å². The van der Waals surface area contributed by atoms with Gasteiger partial charge in [-0.3, -0.25) is 14.4 Å². The van der Waals surface area contributed by atoms with Crippen molar-refractivity contribution in [1.29, 1.82) is 0 Å². The summed E-state index contributed by atoms with van der Waals surface area (Å²) in [7, 11) is 2.74. The van der Waals surface area contributed by atoms with Gasteiger partial charge in [-0.25, -0.2) is 14.2 Å². The third-order valence-electron chi connectivity index (χ3n) is 8.17. The molecule has 0 aliphatic carbocycles. The van der Waals surface area contributed by atoms with Gasteiger partial charge in [0.25, 0.3) is 11.8 Å². The number of methoxy groups -OCH3 is 1. The van der Waals surface area contributed by atoms with Crippen molar-refractivity contribution in [1.82, 2.24) is 19.4 Å². The van der Waals surface area contributed by atoms with Gasteiger partial charge in [0.2, 0.25) is 11.7 Å². The van der Waals surface area contributed by atoms with Gasteiger partial charge in [0.1, 0.15) is 0 Å². The van der Waals surface area contributed by atoms with Crippen LogP contribution in [0, 0.1) is 23.5 Å². The number of rotatable bonds is 7. The number of hydrogen-bond acceptors (Lipinski definition) is 7. The average Bonchev–Trinajstić information content (AvgIpc) is 3.42. The van der Waals surface area contributed by atoms with Crippen molar-refractivity contribution in [3.8, 4) is 17.0 Å². The van der Waals surface area contributed by atoms with Gasteiger partial charge in [0, 0.05) is 56.3 Å². The molecule has 2 aliphatic heterocycles. The Morgan fingerprint density at radius 3 is 2.24 bits per heavy atom. The highest BCUT2D eigenvalue weighted by atomic mass is 35.5. The van der Waals surface area contributed by atoms with E-state index in [9.17, 15) is 36.3 Å². The Bertz CT molecular complexity index is 1740. The highest BCUT2D eigenvalue weighted by Crippen LogP contribution is 2.31. The number of halogens is 6. The highest BCUT2D eigenvalue weighted by Gasteiger charge is 2.38. The number of carbonyl (C=O) groups excluding carboxylic acids is 3. The number of benzene rings is 2. The Balaban J connectivity index is 0.000000698. The predicted molar refractivity (Wildman–Crippen MR) is 166 cm³/mol. The quantitative estimate of drug-likeness (QED) is 0.308. The van der Waals surface area contributed by atoms with E-state index < -0.39 is 29.7 Å². The number of amides is 3. The summed E-state index contributed by atoms with van der Waals surface area (Å²) in [6.07, 6.45) is -2.65. The Kier molecular flexibility index (Phi) is 11.5. The van der Waals surface area contributed by atoms with Gasteiger partial charge >= 0.3 is 12.1 Å². The van der Waals surface area contributed by atoms with Crippen LogP contribution in [0.25, 0.3) is 11.3 Å². The molecule has 0 spiro atoms. The smallest absolute Gasteiger partial charge is 0.490 e. The predicted octanol–water partition coefficient (Wildman–Crippen LogP) is 4.18. The van der Waals surface area contributed by atoms with E-state index in [0.717, 1.165) is 0 Å². The molecular weight excluding hydrogens is 683 g/mol. The number of hydrogen-bond donors (Lipinski definition) is 3. The second kappa shape index (κ2) is 15.2. The minimum atomic E-state index is -5.08. The van der Waals surface area contributed by atoms with Crippen LogP contribution in [0.4, 0.5) is 27.6 Å². The number of carboxylic acid groups (broad SMARTS) is 1. The van der Waals surface area contributed by atoms with E-state index in [2.05, 4.69) is 10.3 Å². The molecule has 2 aromatic carbocycles. The fourth-order valence-corrected chi connectivity index (χ4v) is 5.63. The minimum Gasteiger partial charge on any atom is -0.494 e. The molecule has 0 atom stereocenters. The fourth-order valence-electron chi connectivity index (χ4n) is 5.37. The highest BCUT2D eigenvalue weighted by molar-refractivity contribution is 6.34. The number of nitrogens with two attached hydrogens (primary N) is 1. The number of aliphatic carboxylic acids is 1. The van der Waals surface area contributed by atoms with E-state index in [1.165, 1.54) is 49.2 Å². The van der Waals surface area contributed by atoms with Crippen molar-refractivity contribution in [2.45, 2.75) is 19.0 Å². The summed E-state index contributed by atoms with van der Waals surface area (Å²) in [6.45, 7) is 2.87. The normalized spacial score (nSPS) is 15.2. The number of nitrogens with one attached hydrogen (secondary N) is 1. The molecule has 2 fully saturated rings. The van der Waals surface area contributed by atoms with Crippen LogP contribution in [-0.2, 0) is 16.6 Å². The topological polar surface area (TPSA) is 160 Å². The maximum atomic E-state index is 14.6. The lowest BCUT2D eigenvalue weighted by Crippen LogP contribution is -2.55. The van der Waals surface area contributed by atoms with Crippen molar-refractivity contribution in [3.05, 3.63) is 64.6 Å². The SMILES string of the molecule is COc1ccc(-c2cnc(C(=O)Nc3ccc(C(=O)N4CCC(C(=O)N5CC(CN)C5)CC4)c(Cl)c3)n2C)c(F)c1F.O=C(O)C(F)(F)F. The number of carbonyl (C=O) groups is 4. The number of nitrogens with zero attached hydrogens (tertiary/aromatic N) is 4. The molecule has 3 aromatic rings. The number of imidazole rings is 1. The molecular formula is C31H32ClF5N6O6. The Labute approximate surface area is 281 Å². The van der Waals surface area contributed by atoms with E-state index in [4.69, 9.17) is 32.0 Å². The van der Waals surface area contributed by atoms with E-state index in [-0.39, 0.29) is 51.1 Å². The molecule has 2 aliphatic rings. The van der Waals surface area contributed by atoms with Crippen LogP contribution in [0.15, 0.2) is 36.5 Å². The summed E-state index contributed by atoms with van der Waals surface area (Å²) in [5.74, 6) is -5.77. The number of aromatic nitrogens is 2. The Morgan fingerprint density at radius 2 is 1.69 bits per heavy atom. The van der Waals surface area contributed by atoms with Crippen molar-refractivity contribution in [3.63, 3.8) is 0 Å². The zero-order valence-electron chi connectivity index (χ0n) is 26.2. The zero-order chi connectivity index (χ0) is 36.2. The van der Waals surface area contributed by atoms with E-state index in [1.54, 1.807) is 11.0 Å². The van der Waals surface area contributed by atoms with Gasteiger partial charge in [0.15, 0.2) is 17.4 Å². The van der Waals surface area contributed by atoms with Gasteiger partial charge < -0.3 is 35.3 Å². The number of carboxylic acids is 1. The molecule has 2 saturated heterocycles. The number of alkyl halides is 3. The Morgan fingerprint density at radius 1 is 1.06 bits per heavy atom. The average molecular weight is 715 g/mol. The van der Waals surface area contributed by atoms with Crippen LogP contribution in [0.1, 0.15) is 33.8 Å². The molecule has 264 valence electrons. The summed E-state index contributed by atoms with van der Waals surface area (Å²) in [5.41, 5.74) is 6.36. The van der Waals surface area contributed by atoms with Crippen molar-refractivity contribution in [2.24, 2.45) is 24.6 Å². The van der Waals surface area contributed by atoms with Crippen LogP contribution in [-0.4, -0.2) is 94.2 Å². The maximum Gasteiger partial charge on any atom is 0.490 e. The maximum absolute atomic E-state index is 14.6. The molecule has 4 N–H and O–H groups in total. The minimum absolute atomic E-state index is 0.0499. The summed E-state index contributed by atoms with van der Waals surface area (Å²) >= 11 is 6.44. The second-order valence-electron chi connectivity index (χ2n) is 11.3. The van der Waals surface area contributed by atoms with Gasteiger partial charge in [-0.1, -0.05) is 11.6 Å². The molecule has 0 saturated carbocycles. The molecule has 49 heavy (non-hydrogen) atoms. The summed E-state index contributed by atoms with van der Waals surface area (Å²) < 4.78 is 66.7. The van der Waals surface area contributed by atoms with Gasteiger partial charge in [0.05, 0.1) is 29.6 Å². The van der Waals surface area contributed by atoms with E-state index in [1.807, 2.05) is 4.90 Å². The monoisotopic (exact) mass is 714 g/mol. The lowest BCUT2D eigenvalue weighted by molar-refractivity contribution is -0.192. The van der Waals surface area contributed by atoms with Crippen LogP contribution in [0.3, 0.4) is 0 Å². The molecule has 12 nitrogen and oxygen atoms in total. The first-order valence-corrected chi connectivity index (χ1v) is 15.2. The molecule has 0 unspecified atom stereocenters. The first-order chi connectivity index (χ1) is 23.1. The standard InChI is InChI=1S/C29H31ClF2N6O4.C2HF3O2/c1-36-22(20-5-6-23(42-2)25(32)24(20)31)13-34-26(36)27(39)35-18-3-4-19(21(30)11-18)29(41)37-9-7-17(8-10-37)28(40)38-14-16(12-33)15-38;3-2(4,5)1(6)7/h3-6,11,13,16-17H,7-10,12,14-15,33H2,1-2H3,(H,35,39);(H,6,7). The van der Waals surface area contributed by atoms with Gasteiger partial charge in [-0.15, -0.1) is 0 Å². The first kappa shape index (κ1) is 37.1. The number of piperidine rings is 1. The second-order valence-corrected chi connectivity index (χ2v) is 11.7. The number of ether oxygens (including phenoxy) is 1. The summed E-state index contributed by atoms with van der Waals surface area (Å²) in [6, 6.07) is 7.17. The van der Waals surface area contributed by atoms with Crippen molar-refractivity contribution >= 4 is 41.0 Å². The summed E-state index contributed by atoms with van der Waals surface area (Å²) in [5, 5.41) is 9.95. The molecule has 1 aromatic heterocycles.